The van der Waals surface area contributed by atoms with Crippen LogP contribution in [0.5, 0.6) is 11.5 Å². The Balaban J connectivity index is 1.49. The van der Waals surface area contributed by atoms with E-state index in [1.54, 1.807) is 30.9 Å². The SMILES string of the molecule is COc1ccc(CCn2c(=O)c3sccc3n3c(SCc4ccc(F)cc4)nnc23)cc1OC. The second-order valence-electron chi connectivity index (χ2n) is 7.56. The number of hydrogen-bond donors (Lipinski definition) is 0. The molecule has 0 saturated carbocycles. The predicted octanol–water partition coefficient (Wildman–Crippen LogP) is 4.80. The Morgan fingerprint density at radius 1 is 1.00 bits per heavy atom. The first-order valence-corrected chi connectivity index (χ1v) is 12.4. The number of ether oxygens (including phenoxy) is 2. The third-order valence-corrected chi connectivity index (χ3v) is 7.43. The molecule has 0 unspecified atom stereocenters. The average molecular weight is 497 g/mol. The van der Waals surface area contributed by atoms with Gasteiger partial charge < -0.3 is 9.47 Å². The van der Waals surface area contributed by atoms with E-state index in [-0.39, 0.29) is 11.4 Å². The Morgan fingerprint density at radius 2 is 1.76 bits per heavy atom. The molecular formula is C24H21FN4O3S2. The fourth-order valence-electron chi connectivity index (χ4n) is 3.80. The molecule has 34 heavy (non-hydrogen) atoms. The van der Waals surface area contributed by atoms with E-state index >= 15 is 0 Å². The fraction of sp³-hybridized carbons (Fsp3) is 0.208. The molecule has 5 aromatic rings. The van der Waals surface area contributed by atoms with Gasteiger partial charge in [-0.1, -0.05) is 30.0 Å². The molecule has 2 aromatic carbocycles. The summed E-state index contributed by atoms with van der Waals surface area (Å²) in [6.45, 7) is 0.437. The van der Waals surface area contributed by atoms with E-state index in [2.05, 4.69) is 10.2 Å². The summed E-state index contributed by atoms with van der Waals surface area (Å²) >= 11 is 2.90. The van der Waals surface area contributed by atoms with Crippen LogP contribution in [0.3, 0.4) is 0 Å². The van der Waals surface area contributed by atoms with Crippen molar-refractivity contribution in [2.45, 2.75) is 23.9 Å². The van der Waals surface area contributed by atoms with Crippen molar-refractivity contribution in [1.29, 1.82) is 0 Å². The molecule has 0 atom stereocenters. The van der Waals surface area contributed by atoms with Crippen molar-refractivity contribution >= 4 is 39.1 Å². The van der Waals surface area contributed by atoms with Crippen molar-refractivity contribution < 1.29 is 13.9 Å². The van der Waals surface area contributed by atoms with Crippen LogP contribution >= 0.6 is 23.1 Å². The number of aromatic nitrogens is 4. The molecule has 10 heteroatoms. The minimum Gasteiger partial charge on any atom is -0.493 e. The number of rotatable bonds is 8. The average Bonchev–Trinajstić information content (AvgIpc) is 3.51. The van der Waals surface area contributed by atoms with Crippen LogP contribution in [0.4, 0.5) is 4.39 Å². The van der Waals surface area contributed by atoms with Crippen LogP contribution in [-0.2, 0) is 18.7 Å². The van der Waals surface area contributed by atoms with Gasteiger partial charge in [0, 0.05) is 12.3 Å². The van der Waals surface area contributed by atoms with Gasteiger partial charge >= 0.3 is 0 Å². The molecule has 0 amide bonds. The highest BCUT2D eigenvalue weighted by atomic mass is 32.2. The van der Waals surface area contributed by atoms with Crippen molar-refractivity contribution in [2.75, 3.05) is 14.2 Å². The Labute approximate surface area is 202 Å². The lowest BCUT2D eigenvalue weighted by atomic mass is 10.1. The van der Waals surface area contributed by atoms with Crippen LogP contribution in [0.25, 0.3) is 16.0 Å². The molecule has 0 fully saturated rings. The molecule has 7 nitrogen and oxygen atoms in total. The van der Waals surface area contributed by atoms with E-state index in [9.17, 15) is 9.18 Å². The zero-order valence-corrected chi connectivity index (χ0v) is 20.2. The van der Waals surface area contributed by atoms with Crippen molar-refractivity contribution in [1.82, 2.24) is 19.2 Å². The van der Waals surface area contributed by atoms with Gasteiger partial charge in [0.25, 0.3) is 5.56 Å². The second-order valence-corrected chi connectivity index (χ2v) is 9.42. The Morgan fingerprint density at radius 3 is 2.53 bits per heavy atom. The molecule has 0 N–H and O–H groups in total. The van der Waals surface area contributed by atoms with Gasteiger partial charge in [-0.25, -0.2) is 4.39 Å². The molecular weight excluding hydrogens is 475 g/mol. The number of nitrogens with zero attached hydrogens (tertiary/aromatic N) is 4. The number of aryl methyl sites for hydroxylation is 2. The minimum atomic E-state index is -0.264. The lowest BCUT2D eigenvalue weighted by Crippen LogP contribution is -2.23. The molecule has 3 heterocycles. The van der Waals surface area contributed by atoms with Crippen molar-refractivity contribution in [3.63, 3.8) is 0 Å². The smallest absolute Gasteiger partial charge is 0.272 e. The molecule has 5 rings (SSSR count). The summed E-state index contributed by atoms with van der Waals surface area (Å²) in [6, 6.07) is 14.0. The van der Waals surface area contributed by atoms with Crippen LogP contribution in [0.2, 0.25) is 0 Å². The Bertz CT molecular complexity index is 1530. The van der Waals surface area contributed by atoms with Crippen LogP contribution < -0.4 is 15.0 Å². The largest absolute Gasteiger partial charge is 0.493 e. The first kappa shape index (κ1) is 22.4. The molecule has 0 aliphatic carbocycles. The van der Waals surface area contributed by atoms with Crippen LogP contribution in [0, 0.1) is 5.82 Å². The summed E-state index contributed by atoms with van der Waals surface area (Å²) in [4.78, 5) is 13.3. The molecule has 174 valence electrons. The topological polar surface area (TPSA) is 70.7 Å². The monoisotopic (exact) mass is 496 g/mol. The summed E-state index contributed by atoms with van der Waals surface area (Å²) in [7, 11) is 3.20. The molecule has 0 aliphatic rings. The highest BCUT2D eigenvalue weighted by Gasteiger charge is 2.18. The van der Waals surface area contributed by atoms with Crippen LogP contribution in [0.15, 0.2) is 63.9 Å². The van der Waals surface area contributed by atoms with Crippen molar-refractivity contribution in [3.8, 4) is 11.5 Å². The third kappa shape index (κ3) is 4.14. The third-order valence-electron chi connectivity index (χ3n) is 5.54. The summed E-state index contributed by atoms with van der Waals surface area (Å²) < 4.78 is 28.2. The van der Waals surface area contributed by atoms with E-state index in [1.165, 1.54) is 35.2 Å². The summed E-state index contributed by atoms with van der Waals surface area (Å²) in [5.41, 5.74) is 2.70. The highest BCUT2D eigenvalue weighted by molar-refractivity contribution is 7.98. The normalized spacial score (nSPS) is 11.4. The number of hydrogen-bond acceptors (Lipinski definition) is 7. The Kier molecular flexibility index (Phi) is 6.25. The first-order valence-electron chi connectivity index (χ1n) is 10.5. The van der Waals surface area contributed by atoms with Gasteiger partial charge in [-0.15, -0.1) is 21.5 Å². The number of fused-ring (bicyclic) bond motifs is 3. The van der Waals surface area contributed by atoms with Crippen molar-refractivity contribution in [2.24, 2.45) is 0 Å². The maximum atomic E-state index is 13.3. The number of benzene rings is 2. The van der Waals surface area contributed by atoms with Gasteiger partial charge in [0.15, 0.2) is 16.7 Å². The summed E-state index contributed by atoms with van der Waals surface area (Å²) in [6.07, 6.45) is 0.609. The van der Waals surface area contributed by atoms with E-state index in [0.29, 0.717) is 45.9 Å². The minimum absolute atomic E-state index is 0.0829. The lowest BCUT2D eigenvalue weighted by molar-refractivity contribution is 0.354. The van der Waals surface area contributed by atoms with Gasteiger partial charge in [-0.2, -0.15) is 0 Å². The molecule has 0 spiro atoms. The number of thioether (sulfide) groups is 1. The molecule has 0 aliphatic heterocycles. The van der Waals surface area contributed by atoms with Crippen LogP contribution in [-0.4, -0.2) is 33.4 Å². The molecule has 0 saturated heterocycles. The van der Waals surface area contributed by atoms with Gasteiger partial charge in [-0.3, -0.25) is 13.8 Å². The van der Waals surface area contributed by atoms with Gasteiger partial charge in [0.1, 0.15) is 10.5 Å². The highest BCUT2D eigenvalue weighted by Crippen LogP contribution is 2.29. The molecule has 0 radical (unpaired) electrons. The van der Waals surface area contributed by atoms with Crippen LogP contribution in [0.1, 0.15) is 11.1 Å². The van der Waals surface area contributed by atoms with E-state index in [0.717, 1.165) is 16.6 Å². The number of halogens is 1. The van der Waals surface area contributed by atoms with E-state index in [1.807, 2.05) is 34.0 Å². The molecule has 3 aromatic heterocycles. The maximum Gasteiger partial charge on any atom is 0.272 e. The van der Waals surface area contributed by atoms with E-state index < -0.39 is 0 Å². The summed E-state index contributed by atoms with van der Waals surface area (Å²) in [5, 5.41) is 11.3. The number of methoxy groups -OCH3 is 2. The lowest BCUT2D eigenvalue weighted by Gasteiger charge is -2.11. The predicted molar refractivity (Wildman–Crippen MR) is 132 cm³/mol. The van der Waals surface area contributed by atoms with Crippen molar-refractivity contribution in [3.05, 3.63) is 81.2 Å². The van der Waals surface area contributed by atoms with Gasteiger partial charge in [0.05, 0.1) is 19.7 Å². The second kappa shape index (κ2) is 9.47. The fourth-order valence-corrected chi connectivity index (χ4v) is 5.52. The maximum absolute atomic E-state index is 13.3. The van der Waals surface area contributed by atoms with Gasteiger partial charge in [-0.05, 0) is 53.3 Å². The quantitative estimate of drug-likeness (QED) is 0.288. The first-order chi connectivity index (χ1) is 16.6. The Hall–Kier alpha value is -3.37. The summed E-state index contributed by atoms with van der Waals surface area (Å²) in [5.74, 6) is 2.15. The van der Waals surface area contributed by atoms with E-state index in [4.69, 9.17) is 9.47 Å². The zero-order valence-electron chi connectivity index (χ0n) is 18.5. The standard InChI is InChI=1S/C24H21FN4O3S2/c1-31-19-8-5-15(13-20(19)32-2)9-11-28-22(30)21-18(10-12-33-21)29-23(28)26-27-24(29)34-14-16-3-6-17(25)7-4-16/h3-8,10,12-13H,9,11,14H2,1-2H3. The zero-order chi connectivity index (χ0) is 23.7. The molecule has 0 bridgehead atoms. The number of thiophene rings is 1. The van der Waals surface area contributed by atoms with Gasteiger partial charge in [0.2, 0.25) is 5.78 Å².